The Balaban J connectivity index is 1.46. The van der Waals surface area contributed by atoms with Crippen LogP contribution in [0.1, 0.15) is 12.8 Å². The average Bonchev–Trinajstić information content (AvgIpc) is 3.23. The largest absolute Gasteiger partial charge is 0.377 e. The lowest BCUT2D eigenvalue weighted by molar-refractivity contribution is -0.389. The maximum atomic E-state index is 11.4. The van der Waals surface area contributed by atoms with Gasteiger partial charge in [-0.05, 0) is 17.8 Å². The van der Waals surface area contributed by atoms with E-state index in [2.05, 4.69) is 9.88 Å². The Hall–Kier alpha value is -1.71. The molecule has 0 aliphatic carbocycles. The fraction of sp³-hybridized carbons (Fsp3) is 0.643. The lowest BCUT2D eigenvalue weighted by atomic mass is 10.2. The van der Waals surface area contributed by atoms with Gasteiger partial charge in [0.05, 0.1) is 6.10 Å². The van der Waals surface area contributed by atoms with Gasteiger partial charge in [-0.3, -0.25) is 4.90 Å². The van der Waals surface area contributed by atoms with Gasteiger partial charge in [0.1, 0.15) is 6.20 Å². The monoisotopic (exact) mass is 337 g/mol. The van der Waals surface area contributed by atoms with Gasteiger partial charge in [-0.25, -0.2) is 0 Å². The van der Waals surface area contributed by atoms with Gasteiger partial charge >= 0.3 is 5.82 Å². The zero-order valence-electron chi connectivity index (χ0n) is 12.8. The van der Waals surface area contributed by atoms with Gasteiger partial charge < -0.3 is 19.8 Å². The van der Waals surface area contributed by atoms with Gasteiger partial charge in [-0.15, -0.1) is 0 Å². The van der Waals surface area contributed by atoms with Crippen molar-refractivity contribution < 1.29 is 9.66 Å². The van der Waals surface area contributed by atoms with Crippen LogP contribution in [-0.2, 0) is 4.74 Å². The number of imidazole rings is 1. The molecular formula is C14H19N5O3S. The van der Waals surface area contributed by atoms with Crippen LogP contribution in [0.4, 0.5) is 11.6 Å². The van der Waals surface area contributed by atoms with E-state index < -0.39 is 0 Å². The number of thiazole rings is 1. The summed E-state index contributed by atoms with van der Waals surface area (Å²) < 4.78 is 7.26. The Morgan fingerprint density at radius 1 is 1.39 bits per heavy atom. The molecule has 2 aromatic heterocycles. The van der Waals surface area contributed by atoms with E-state index in [0.29, 0.717) is 16.9 Å². The molecule has 4 rings (SSSR count). The van der Waals surface area contributed by atoms with E-state index in [1.807, 2.05) is 10.3 Å². The first kappa shape index (κ1) is 14.9. The first-order valence-corrected chi connectivity index (χ1v) is 8.79. The van der Waals surface area contributed by atoms with E-state index in [1.54, 1.807) is 10.6 Å². The minimum atomic E-state index is -0.333. The van der Waals surface area contributed by atoms with Gasteiger partial charge in [0, 0.05) is 44.7 Å². The number of hydrogen-bond donors (Lipinski definition) is 0. The van der Waals surface area contributed by atoms with Crippen LogP contribution in [0.2, 0.25) is 0 Å². The SMILES string of the molecule is O=[N+]([O-])c1c(N2CCN(CC3CCCO3)CC2)nc2sccn12. The molecule has 2 aliphatic rings. The van der Waals surface area contributed by atoms with E-state index in [0.717, 1.165) is 52.2 Å². The fourth-order valence-electron chi connectivity index (χ4n) is 3.36. The predicted molar refractivity (Wildman–Crippen MR) is 87.4 cm³/mol. The molecule has 2 aromatic rings. The Morgan fingerprint density at radius 3 is 2.91 bits per heavy atom. The second-order valence-electron chi connectivity index (χ2n) is 5.99. The molecule has 2 saturated heterocycles. The summed E-state index contributed by atoms with van der Waals surface area (Å²) in [5.41, 5.74) is 0. The molecule has 1 unspecified atom stereocenters. The molecule has 2 aliphatic heterocycles. The Labute approximate surface area is 137 Å². The fourth-order valence-corrected chi connectivity index (χ4v) is 4.07. The molecule has 2 fully saturated rings. The zero-order valence-corrected chi connectivity index (χ0v) is 13.6. The highest BCUT2D eigenvalue weighted by Crippen LogP contribution is 2.31. The van der Waals surface area contributed by atoms with Crippen molar-refractivity contribution in [1.29, 1.82) is 0 Å². The normalized spacial score (nSPS) is 23.0. The number of anilines is 1. The minimum Gasteiger partial charge on any atom is -0.377 e. The second-order valence-corrected chi connectivity index (χ2v) is 6.87. The lowest BCUT2D eigenvalue weighted by Gasteiger charge is -2.35. The Bertz CT molecular complexity index is 700. The second kappa shape index (κ2) is 6.06. The van der Waals surface area contributed by atoms with E-state index in [9.17, 15) is 10.1 Å². The van der Waals surface area contributed by atoms with Crippen LogP contribution in [-0.4, -0.2) is 64.6 Å². The Kier molecular flexibility index (Phi) is 3.92. The van der Waals surface area contributed by atoms with Crippen molar-refractivity contribution in [2.24, 2.45) is 0 Å². The smallest absolute Gasteiger partial charge is 0.373 e. The van der Waals surface area contributed by atoms with Crippen molar-refractivity contribution >= 4 is 27.9 Å². The first-order chi connectivity index (χ1) is 11.2. The van der Waals surface area contributed by atoms with Crippen molar-refractivity contribution in [3.63, 3.8) is 0 Å². The van der Waals surface area contributed by atoms with Gasteiger partial charge in [0.15, 0.2) is 0 Å². The molecule has 23 heavy (non-hydrogen) atoms. The van der Waals surface area contributed by atoms with Gasteiger partial charge in [0.2, 0.25) is 5.82 Å². The number of nitrogens with zero attached hydrogens (tertiary/aromatic N) is 5. The van der Waals surface area contributed by atoms with Crippen LogP contribution in [0.25, 0.3) is 4.96 Å². The maximum Gasteiger partial charge on any atom is 0.373 e. The number of rotatable bonds is 4. The molecule has 124 valence electrons. The summed E-state index contributed by atoms with van der Waals surface area (Å²) in [6.45, 7) is 5.15. The Morgan fingerprint density at radius 2 is 2.22 bits per heavy atom. The predicted octanol–water partition coefficient (Wildman–Crippen LogP) is 1.60. The minimum absolute atomic E-state index is 0.0776. The third-order valence-electron chi connectivity index (χ3n) is 4.55. The third-order valence-corrected chi connectivity index (χ3v) is 5.31. The number of fused-ring (bicyclic) bond motifs is 1. The number of aromatic nitrogens is 2. The molecule has 0 amide bonds. The van der Waals surface area contributed by atoms with E-state index >= 15 is 0 Å². The van der Waals surface area contributed by atoms with Gasteiger partial charge in [-0.1, -0.05) is 11.3 Å². The highest BCUT2D eigenvalue weighted by atomic mass is 32.1. The summed E-state index contributed by atoms with van der Waals surface area (Å²) in [5, 5.41) is 13.2. The summed E-state index contributed by atoms with van der Waals surface area (Å²) >= 11 is 1.42. The van der Waals surface area contributed by atoms with Crippen molar-refractivity contribution in [3.05, 3.63) is 21.7 Å². The zero-order chi connectivity index (χ0) is 15.8. The molecule has 4 heterocycles. The number of ether oxygens (including phenoxy) is 1. The van der Waals surface area contributed by atoms with Gasteiger partial charge in [0.25, 0.3) is 4.96 Å². The molecule has 0 spiro atoms. The van der Waals surface area contributed by atoms with Crippen LogP contribution in [0.15, 0.2) is 11.6 Å². The summed E-state index contributed by atoms with van der Waals surface area (Å²) in [5.74, 6) is 0.576. The maximum absolute atomic E-state index is 11.4. The van der Waals surface area contributed by atoms with E-state index in [4.69, 9.17) is 4.74 Å². The molecule has 0 bridgehead atoms. The number of piperazine rings is 1. The molecule has 0 N–H and O–H groups in total. The van der Waals surface area contributed by atoms with E-state index in [-0.39, 0.29) is 10.7 Å². The highest BCUT2D eigenvalue weighted by molar-refractivity contribution is 7.15. The number of hydrogen-bond acceptors (Lipinski definition) is 7. The van der Waals surface area contributed by atoms with Crippen LogP contribution in [0, 0.1) is 10.1 Å². The summed E-state index contributed by atoms with van der Waals surface area (Å²) in [7, 11) is 0. The average molecular weight is 337 g/mol. The van der Waals surface area contributed by atoms with Crippen LogP contribution < -0.4 is 4.90 Å². The molecule has 8 nitrogen and oxygen atoms in total. The quantitative estimate of drug-likeness (QED) is 0.623. The molecule has 0 radical (unpaired) electrons. The van der Waals surface area contributed by atoms with Crippen molar-refractivity contribution in [2.75, 3.05) is 44.2 Å². The number of nitro groups is 1. The summed E-state index contributed by atoms with van der Waals surface area (Å²) in [6, 6.07) is 0. The summed E-state index contributed by atoms with van der Waals surface area (Å²) in [4.78, 5) is 20.7. The molecule has 0 saturated carbocycles. The molecule has 9 heteroatoms. The van der Waals surface area contributed by atoms with Crippen molar-refractivity contribution in [1.82, 2.24) is 14.3 Å². The summed E-state index contributed by atoms with van der Waals surface area (Å²) in [6.07, 6.45) is 4.36. The van der Waals surface area contributed by atoms with Crippen LogP contribution in [0.3, 0.4) is 0 Å². The first-order valence-electron chi connectivity index (χ1n) is 7.91. The highest BCUT2D eigenvalue weighted by Gasteiger charge is 2.30. The lowest BCUT2D eigenvalue weighted by Crippen LogP contribution is -2.48. The van der Waals surface area contributed by atoms with Gasteiger partial charge in [-0.2, -0.15) is 9.38 Å². The topological polar surface area (TPSA) is 76.2 Å². The molecule has 0 aromatic carbocycles. The van der Waals surface area contributed by atoms with Crippen molar-refractivity contribution in [2.45, 2.75) is 18.9 Å². The van der Waals surface area contributed by atoms with Crippen LogP contribution >= 0.6 is 11.3 Å². The molecule has 1 atom stereocenters. The van der Waals surface area contributed by atoms with Crippen LogP contribution in [0.5, 0.6) is 0 Å². The van der Waals surface area contributed by atoms with Crippen molar-refractivity contribution in [3.8, 4) is 0 Å². The standard InChI is InChI=1S/C14H19N5O3S/c20-19(21)13-12(15-14-18(13)7-9-23-14)17-5-3-16(4-6-17)10-11-2-1-8-22-11/h7,9,11H,1-6,8,10H2. The van der Waals surface area contributed by atoms with E-state index in [1.165, 1.54) is 11.3 Å². The third kappa shape index (κ3) is 2.79. The molecular weight excluding hydrogens is 318 g/mol.